The van der Waals surface area contributed by atoms with Crippen molar-refractivity contribution in [3.05, 3.63) is 48.2 Å². The number of nitrogens with zero attached hydrogens (tertiary/aromatic N) is 3. The molecule has 0 N–H and O–H groups in total. The zero-order valence-electron chi connectivity index (χ0n) is 16.2. The third kappa shape index (κ3) is 4.19. The van der Waals surface area contributed by atoms with Gasteiger partial charge in [-0.15, -0.1) is 5.10 Å². The Kier molecular flexibility index (Phi) is 5.28. The van der Waals surface area contributed by atoms with E-state index in [0.29, 0.717) is 9.76 Å². The molecule has 0 aliphatic carbocycles. The minimum Gasteiger partial charge on any atom is -0.408 e. The van der Waals surface area contributed by atoms with Crippen molar-refractivity contribution < 1.29 is 4.43 Å². The SMILES string of the molecule is CSc1ncc2ccc(-c3cccc(C(C)(C)O[Si]C(C)(C)C)c3)n2n1. The Bertz CT molecular complexity index is 915. The average Bonchev–Trinajstić information content (AvgIpc) is 3.02. The number of benzene rings is 1. The summed E-state index contributed by atoms with van der Waals surface area (Å²) in [5.41, 5.74) is 4.01. The molecule has 0 saturated carbocycles. The maximum Gasteiger partial charge on any atom is 0.236 e. The van der Waals surface area contributed by atoms with Gasteiger partial charge in [0.05, 0.1) is 23.0 Å². The molecule has 136 valence electrons. The van der Waals surface area contributed by atoms with Gasteiger partial charge in [-0.05, 0) is 48.9 Å². The Labute approximate surface area is 162 Å². The molecule has 0 bridgehead atoms. The zero-order valence-corrected chi connectivity index (χ0v) is 18.0. The highest BCUT2D eigenvalue weighted by atomic mass is 32.2. The number of aromatic nitrogens is 3. The number of fused-ring (bicyclic) bond motifs is 1. The van der Waals surface area contributed by atoms with Crippen LogP contribution in [0, 0.1) is 0 Å². The number of hydrogen-bond donors (Lipinski definition) is 0. The first-order valence-electron chi connectivity index (χ1n) is 8.64. The van der Waals surface area contributed by atoms with Gasteiger partial charge in [0, 0.05) is 5.56 Å². The molecule has 26 heavy (non-hydrogen) atoms. The van der Waals surface area contributed by atoms with Gasteiger partial charge in [-0.3, -0.25) is 0 Å². The molecule has 6 heteroatoms. The molecule has 2 aromatic heterocycles. The van der Waals surface area contributed by atoms with E-state index in [1.165, 1.54) is 5.56 Å². The van der Waals surface area contributed by atoms with Crippen molar-refractivity contribution in [2.75, 3.05) is 6.26 Å². The van der Waals surface area contributed by atoms with Gasteiger partial charge in [0.2, 0.25) is 14.9 Å². The first-order chi connectivity index (χ1) is 12.2. The summed E-state index contributed by atoms with van der Waals surface area (Å²) in [6.07, 6.45) is 3.85. The third-order valence-corrected chi connectivity index (χ3v) is 5.80. The molecule has 2 heterocycles. The maximum atomic E-state index is 6.27. The van der Waals surface area contributed by atoms with Gasteiger partial charge in [-0.25, -0.2) is 9.50 Å². The average molecular weight is 384 g/mol. The minimum absolute atomic E-state index is 0.164. The highest BCUT2D eigenvalue weighted by Gasteiger charge is 2.25. The van der Waals surface area contributed by atoms with Gasteiger partial charge in [0.1, 0.15) is 0 Å². The highest BCUT2D eigenvalue weighted by Crippen LogP contribution is 2.32. The molecule has 0 atom stereocenters. The molecule has 3 aromatic rings. The highest BCUT2D eigenvalue weighted by molar-refractivity contribution is 7.98. The van der Waals surface area contributed by atoms with Crippen molar-refractivity contribution in [1.82, 2.24) is 14.6 Å². The molecule has 0 aliphatic rings. The molecule has 3 rings (SSSR count). The molecule has 0 fully saturated rings. The lowest BCUT2D eigenvalue weighted by molar-refractivity contribution is 0.109. The lowest BCUT2D eigenvalue weighted by Gasteiger charge is -2.30. The lowest BCUT2D eigenvalue weighted by atomic mass is 9.96. The lowest BCUT2D eigenvalue weighted by Crippen LogP contribution is -2.27. The van der Waals surface area contributed by atoms with Crippen molar-refractivity contribution in [3.8, 4) is 11.3 Å². The smallest absolute Gasteiger partial charge is 0.236 e. The van der Waals surface area contributed by atoms with E-state index in [-0.39, 0.29) is 10.6 Å². The summed E-state index contributed by atoms with van der Waals surface area (Å²) >= 11 is 1.55. The second-order valence-corrected chi connectivity index (χ2v) is 10.5. The van der Waals surface area contributed by atoms with Crippen molar-refractivity contribution >= 4 is 27.0 Å². The summed E-state index contributed by atoms with van der Waals surface area (Å²) < 4.78 is 8.23. The first-order valence-corrected chi connectivity index (χ1v) is 10.8. The van der Waals surface area contributed by atoms with Crippen LogP contribution in [0.1, 0.15) is 40.2 Å². The fraction of sp³-hybridized carbons (Fsp3) is 0.400. The van der Waals surface area contributed by atoms with Crippen molar-refractivity contribution in [3.63, 3.8) is 0 Å². The van der Waals surface area contributed by atoms with Crippen molar-refractivity contribution in [2.45, 2.75) is 50.4 Å². The number of hydrogen-bond acceptors (Lipinski definition) is 4. The van der Waals surface area contributed by atoms with E-state index in [1.54, 1.807) is 11.8 Å². The molecule has 2 radical (unpaired) electrons. The third-order valence-electron chi connectivity index (χ3n) is 4.03. The van der Waals surface area contributed by atoms with Crippen LogP contribution in [0.5, 0.6) is 0 Å². The largest absolute Gasteiger partial charge is 0.408 e. The standard InChI is InChI=1S/C20H25N3OSSi/c1-19(2,3)26-24-20(4,5)15-9-7-8-14(12-15)17-11-10-16-13-21-18(25-6)22-23(16)17/h7-13H,1-6H3. The number of thioether (sulfide) groups is 1. The Morgan fingerprint density at radius 3 is 2.54 bits per heavy atom. The van der Waals surface area contributed by atoms with Crippen LogP contribution in [0.25, 0.3) is 16.8 Å². The normalized spacial score (nSPS) is 12.7. The van der Waals surface area contributed by atoms with Crippen LogP contribution in [0.2, 0.25) is 5.04 Å². The summed E-state index contributed by atoms with van der Waals surface area (Å²) in [6.45, 7) is 10.9. The second kappa shape index (κ2) is 7.17. The molecule has 0 aliphatic heterocycles. The van der Waals surface area contributed by atoms with E-state index < -0.39 is 0 Å². The van der Waals surface area contributed by atoms with Crippen LogP contribution < -0.4 is 0 Å². The van der Waals surface area contributed by atoms with Gasteiger partial charge < -0.3 is 4.43 Å². The van der Waals surface area contributed by atoms with Crippen LogP contribution in [-0.4, -0.2) is 30.6 Å². The topological polar surface area (TPSA) is 39.4 Å². The molecular formula is C20H25N3OSSi. The summed E-state index contributed by atoms with van der Waals surface area (Å²) in [4.78, 5) is 4.35. The molecule has 0 spiro atoms. The van der Waals surface area contributed by atoms with Gasteiger partial charge in [-0.1, -0.05) is 50.7 Å². The first kappa shape index (κ1) is 19.1. The maximum absolute atomic E-state index is 6.27. The van der Waals surface area contributed by atoms with E-state index in [1.807, 2.05) is 17.0 Å². The monoisotopic (exact) mass is 383 g/mol. The van der Waals surface area contributed by atoms with Gasteiger partial charge in [-0.2, -0.15) is 0 Å². The van der Waals surface area contributed by atoms with Gasteiger partial charge >= 0.3 is 0 Å². The zero-order chi connectivity index (χ0) is 18.9. The van der Waals surface area contributed by atoms with E-state index in [4.69, 9.17) is 4.43 Å². The number of rotatable bonds is 5. The molecule has 1 aromatic carbocycles. The Hall–Kier alpha value is -1.63. The molecule has 0 unspecified atom stereocenters. The molecular weight excluding hydrogens is 358 g/mol. The summed E-state index contributed by atoms with van der Waals surface area (Å²) in [5.74, 6) is 0. The van der Waals surface area contributed by atoms with Crippen LogP contribution in [0.3, 0.4) is 0 Å². The Morgan fingerprint density at radius 2 is 1.85 bits per heavy atom. The quantitative estimate of drug-likeness (QED) is 0.448. The van der Waals surface area contributed by atoms with Crippen LogP contribution >= 0.6 is 11.8 Å². The van der Waals surface area contributed by atoms with Crippen molar-refractivity contribution in [1.29, 1.82) is 0 Å². The van der Waals surface area contributed by atoms with Crippen LogP contribution in [0.15, 0.2) is 47.8 Å². The van der Waals surface area contributed by atoms with E-state index in [0.717, 1.165) is 21.9 Å². The van der Waals surface area contributed by atoms with E-state index in [2.05, 4.69) is 81.1 Å². The summed E-state index contributed by atoms with van der Waals surface area (Å²) in [6, 6.07) is 12.7. The summed E-state index contributed by atoms with van der Waals surface area (Å²) in [5, 5.41) is 5.56. The molecule has 0 amide bonds. The fourth-order valence-electron chi connectivity index (χ4n) is 2.59. The van der Waals surface area contributed by atoms with Gasteiger partial charge in [0.25, 0.3) is 0 Å². The Morgan fingerprint density at radius 1 is 1.08 bits per heavy atom. The minimum atomic E-state index is -0.339. The summed E-state index contributed by atoms with van der Waals surface area (Å²) in [7, 11) is 0.442. The molecule has 4 nitrogen and oxygen atoms in total. The fourth-order valence-corrected chi connectivity index (χ4v) is 3.59. The molecule has 0 saturated heterocycles. The second-order valence-electron chi connectivity index (χ2n) is 7.85. The van der Waals surface area contributed by atoms with Gasteiger partial charge in [0.15, 0.2) is 0 Å². The predicted octanol–water partition coefficient (Wildman–Crippen LogP) is 5.21. The Balaban J connectivity index is 1.97. The predicted molar refractivity (Wildman–Crippen MR) is 110 cm³/mol. The van der Waals surface area contributed by atoms with Crippen molar-refractivity contribution in [2.24, 2.45) is 0 Å². The van der Waals surface area contributed by atoms with Crippen LogP contribution in [0.4, 0.5) is 0 Å². The van der Waals surface area contributed by atoms with E-state index >= 15 is 0 Å². The van der Waals surface area contributed by atoms with E-state index in [9.17, 15) is 0 Å². The van der Waals surface area contributed by atoms with Crippen LogP contribution in [-0.2, 0) is 10.0 Å².